The highest BCUT2D eigenvalue weighted by Crippen LogP contribution is 2.04. The number of unbranched alkanes of at least 4 members (excludes halogenated alkanes) is 6. The molecule has 0 fully saturated rings. The van der Waals surface area contributed by atoms with E-state index in [9.17, 15) is 4.79 Å². The lowest BCUT2D eigenvalue weighted by molar-refractivity contribution is -0.121. The van der Waals surface area contributed by atoms with Gasteiger partial charge in [0.25, 0.3) is 0 Å². The molecule has 0 radical (unpaired) electrons. The number of hydrogen-bond donors (Lipinski definition) is 1. The molecule has 3 nitrogen and oxygen atoms in total. The van der Waals surface area contributed by atoms with Gasteiger partial charge in [-0.2, -0.15) is 0 Å². The van der Waals surface area contributed by atoms with Crippen LogP contribution in [-0.2, 0) is 4.79 Å². The lowest BCUT2D eigenvalue weighted by atomic mass is 10.1. The van der Waals surface area contributed by atoms with E-state index in [0.717, 1.165) is 26.1 Å². The molecular weight excluding hydrogens is 236 g/mol. The Bertz CT molecular complexity index is 207. The molecule has 1 N–H and O–H groups in total. The standard InChI is InChI=1S/C16H34N2O/c1-4-6-8-9-10-11-13-17-16(19)12-15-18(3)14-7-5-2/h4-15H2,1-3H3,(H,17,19). The molecule has 114 valence electrons. The molecule has 19 heavy (non-hydrogen) atoms. The van der Waals surface area contributed by atoms with Crippen molar-refractivity contribution in [1.82, 2.24) is 10.2 Å². The number of nitrogens with zero attached hydrogens (tertiary/aromatic N) is 1. The summed E-state index contributed by atoms with van der Waals surface area (Å²) in [7, 11) is 2.09. The fourth-order valence-corrected chi connectivity index (χ4v) is 2.05. The highest BCUT2D eigenvalue weighted by Gasteiger charge is 2.03. The first-order valence-electron chi connectivity index (χ1n) is 8.16. The Hall–Kier alpha value is -0.570. The molecule has 0 aromatic carbocycles. The second-order valence-electron chi connectivity index (χ2n) is 5.52. The molecule has 0 saturated carbocycles. The average molecular weight is 270 g/mol. The largest absolute Gasteiger partial charge is 0.356 e. The topological polar surface area (TPSA) is 32.3 Å². The normalized spacial score (nSPS) is 10.9. The first-order valence-corrected chi connectivity index (χ1v) is 8.16. The van der Waals surface area contributed by atoms with Gasteiger partial charge >= 0.3 is 0 Å². The van der Waals surface area contributed by atoms with Crippen molar-refractivity contribution >= 4 is 5.91 Å². The summed E-state index contributed by atoms with van der Waals surface area (Å²) in [5.41, 5.74) is 0. The zero-order valence-corrected chi connectivity index (χ0v) is 13.3. The fourth-order valence-electron chi connectivity index (χ4n) is 2.05. The van der Waals surface area contributed by atoms with Crippen LogP contribution >= 0.6 is 0 Å². The highest BCUT2D eigenvalue weighted by molar-refractivity contribution is 5.75. The van der Waals surface area contributed by atoms with Gasteiger partial charge in [-0.1, -0.05) is 52.4 Å². The van der Waals surface area contributed by atoms with Crippen molar-refractivity contribution in [2.45, 2.75) is 71.6 Å². The number of nitrogens with one attached hydrogen (secondary N) is 1. The molecule has 0 atom stereocenters. The molecule has 1 amide bonds. The van der Waals surface area contributed by atoms with E-state index in [-0.39, 0.29) is 5.91 Å². The van der Waals surface area contributed by atoms with Crippen LogP contribution in [0.1, 0.15) is 71.6 Å². The molecular formula is C16H34N2O. The van der Waals surface area contributed by atoms with Gasteiger partial charge in [0.15, 0.2) is 0 Å². The molecule has 0 bridgehead atoms. The van der Waals surface area contributed by atoms with E-state index in [1.54, 1.807) is 0 Å². The Labute approximate surface area is 120 Å². The van der Waals surface area contributed by atoms with Crippen molar-refractivity contribution in [3.8, 4) is 0 Å². The lowest BCUT2D eigenvalue weighted by Gasteiger charge is -2.15. The Kier molecular flexibility index (Phi) is 13.4. The summed E-state index contributed by atoms with van der Waals surface area (Å²) in [5.74, 6) is 0.205. The predicted octanol–water partition coefficient (Wildman–Crippen LogP) is 3.59. The number of amides is 1. The van der Waals surface area contributed by atoms with Crippen LogP contribution in [0.4, 0.5) is 0 Å². The van der Waals surface area contributed by atoms with E-state index in [0.29, 0.717) is 6.42 Å². The highest BCUT2D eigenvalue weighted by atomic mass is 16.1. The molecule has 0 unspecified atom stereocenters. The monoisotopic (exact) mass is 270 g/mol. The first-order chi connectivity index (χ1) is 9.20. The van der Waals surface area contributed by atoms with E-state index in [1.807, 2.05) is 0 Å². The van der Waals surface area contributed by atoms with E-state index in [2.05, 4.69) is 31.1 Å². The molecule has 0 aliphatic rings. The van der Waals surface area contributed by atoms with E-state index in [1.165, 1.54) is 44.9 Å². The second-order valence-corrected chi connectivity index (χ2v) is 5.52. The second kappa shape index (κ2) is 13.9. The molecule has 0 rings (SSSR count). The van der Waals surface area contributed by atoms with Gasteiger partial charge in [-0.05, 0) is 26.4 Å². The molecule has 0 heterocycles. The van der Waals surface area contributed by atoms with Crippen LogP contribution in [0.25, 0.3) is 0 Å². The van der Waals surface area contributed by atoms with Gasteiger partial charge in [0, 0.05) is 19.5 Å². The molecule has 3 heteroatoms. The summed E-state index contributed by atoms with van der Waals surface area (Å²) in [4.78, 5) is 13.9. The third-order valence-electron chi connectivity index (χ3n) is 3.47. The number of hydrogen-bond acceptors (Lipinski definition) is 2. The summed E-state index contributed by atoms with van der Waals surface area (Å²) in [6.07, 6.45) is 10.7. The van der Waals surface area contributed by atoms with Crippen LogP contribution in [-0.4, -0.2) is 37.5 Å². The minimum Gasteiger partial charge on any atom is -0.356 e. The Balaban J connectivity index is 3.29. The van der Waals surface area contributed by atoms with E-state index in [4.69, 9.17) is 0 Å². The zero-order chi connectivity index (χ0) is 14.3. The summed E-state index contributed by atoms with van der Waals surface area (Å²) < 4.78 is 0. The van der Waals surface area contributed by atoms with Crippen LogP contribution in [0.5, 0.6) is 0 Å². The van der Waals surface area contributed by atoms with Gasteiger partial charge in [-0.25, -0.2) is 0 Å². The van der Waals surface area contributed by atoms with Crippen LogP contribution in [0, 0.1) is 0 Å². The summed E-state index contributed by atoms with van der Waals surface area (Å²) in [5, 5.41) is 3.02. The smallest absolute Gasteiger partial charge is 0.221 e. The quantitative estimate of drug-likeness (QED) is 0.519. The molecule has 0 aromatic rings. The minimum atomic E-state index is 0.205. The molecule has 0 aliphatic carbocycles. The molecule has 0 saturated heterocycles. The Morgan fingerprint density at radius 1 is 0.895 bits per heavy atom. The van der Waals surface area contributed by atoms with Gasteiger partial charge in [-0.3, -0.25) is 4.79 Å². The molecule has 0 aromatic heterocycles. The lowest BCUT2D eigenvalue weighted by Crippen LogP contribution is -2.29. The fraction of sp³-hybridized carbons (Fsp3) is 0.938. The van der Waals surface area contributed by atoms with Gasteiger partial charge in [0.1, 0.15) is 0 Å². The number of carbonyl (C=O) groups is 1. The van der Waals surface area contributed by atoms with E-state index < -0.39 is 0 Å². The van der Waals surface area contributed by atoms with E-state index >= 15 is 0 Å². The van der Waals surface area contributed by atoms with Crippen LogP contribution < -0.4 is 5.32 Å². The van der Waals surface area contributed by atoms with Crippen LogP contribution in [0.2, 0.25) is 0 Å². The van der Waals surface area contributed by atoms with Gasteiger partial charge in [-0.15, -0.1) is 0 Å². The third-order valence-corrected chi connectivity index (χ3v) is 3.47. The Morgan fingerprint density at radius 3 is 2.21 bits per heavy atom. The maximum absolute atomic E-state index is 11.6. The third kappa shape index (κ3) is 13.7. The zero-order valence-electron chi connectivity index (χ0n) is 13.3. The average Bonchev–Trinajstić information content (AvgIpc) is 2.41. The van der Waals surface area contributed by atoms with Crippen molar-refractivity contribution in [2.75, 3.05) is 26.7 Å². The number of carbonyl (C=O) groups excluding carboxylic acids is 1. The van der Waals surface area contributed by atoms with Crippen LogP contribution in [0.3, 0.4) is 0 Å². The number of rotatable bonds is 13. The van der Waals surface area contributed by atoms with Gasteiger partial charge < -0.3 is 10.2 Å². The predicted molar refractivity (Wildman–Crippen MR) is 83.4 cm³/mol. The maximum Gasteiger partial charge on any atom is 0.221 e. The van der Waals surface area contributed by atoms with Crippen molar-refractivity contribution in [3.05, 3.63) is 0 Å². The molecule has 0 spiro atoms. The summed E-state index contributed by atoms with van der Waals surface area (Å²) in [6, 6.07) is 0. The first kappa shape index (κ1) is 18.4. The molecule has 0 aliphatic heterocycles. The Morgan fingerprint density at radius 2 is 1.53 bits per heavy atom. The summed E-state index contributed by atoms with van der Waals surface area (Å²) >= 11 is 0. The summed E-state index contributed by atoms with van der Waals surface area (Å²) in [6.45, 7) is 7.26. The van der Waals surface area contributed by atoms with Crippen molar-refractivity contribution < 1.29 is 4.79 Å². The van der Waals surface area contributed by atoms with Crippen LogP contribution in [0.15, 0.2) is 0 Å². The SMILES string of the molecule is CCCCCCCCNC(=O)CCN(C)CCCC. The minimum absolute atomic E-state index is 0.205. The van der Waals surface area contributed by atoms with Gasteiger partial charge in [0.2, 0.25) is 5.91 Å². The van der Waals surface area contributed by atoms with Crippen molar-refractivity contribution in [2.24, 2.45) is 0 Å². The maximum atomic E-state index is 11.6. The van der Waals surface area contributed by atoms with Crippen molar-refractivity contribution in [1.29, 1.82) is 0 Å². The van der Waals surface area contributed by atoms with Gasteiger partial charge in [0.05, 0.1) is 0 Å². The van der Waals surface area contributed by atoms with Crippen molar-refractivity contribution in [3.63, 3.8) is 0 Å².